The van der Waals surface area contributed by atoms with Gasteiger partial charge in [0.25, 0.3) is 0 Å². The van der Waals surface area contributed by atoms with Crippen molar-refractivity contribution >= 4 is 0 Å². The molecule has 1 aliphatic rings. The summed E-state index contributed by atoms with van der Waals surface area (Å²) in [4.78, 5) is 0. The Kier molecular flexibility index (Phi) is 3.51. The third-order valence-corrected chi connectivity index (χ3v) is 2.73. The Morgan fingerprint density at radius 3 is 2.94 bits per heavy atom. The molecule has 0 amide bonds. The van der Waals surface area contributed by atoms with Crippen molar-refractivity contribution in [1.82, 2.24) is 5.32 Å². The fourth-order valence-electron chi connectivity index (χ4n) is 1.83. The van der Waals surface area contributed by atoms with Gasteiger partial charge in [-0.15, -0.1) is 0 Å². The standard InChI is InChI=1S/C12H15F2NO/c1-8-5-15-6-11(16-7-8)9-3-2-4-10(13)12(9)14/h2-4,8,11,15H,5-7H2,1H3. The van der Waals surface area contributed by atoms with Crippen molar-refractivity contribution in [1.29, 1.82) is 0 Å². The van der Waals surface area contributed by atoms with Crippen molar-refractivity contribution in [2.24, 2.45) is 5.92 Å². The maximum absolute atomic E-state index is 13.5. The highest BCUT2D eigenvalue weighted by Gasteiger charge is 2.21. The van der Waals surface area contributed by atoms with Crippen LogP contribution in [0.15, 0.2) is 18.2 Å². The van der Waals surface area contributed by atoms with Gasteiger partial charge in [-0.3, -0.25) is 0 Å². The highest BCUT2D eigenvalue weighted by atomic mass is 19.2. The molecule has 0 spiro atoms. The van der Waals surface area contributed by atoms with Crippen LogP contribution in [0.3, 0.4) is 0 Å². The van der Waals surface area contributed by atoms with E-state index in [4.69, 9.17) is 4.74 Å². The van der Waals surface area contributed by atoms with Crippen molar-refractivity contribution in [3.8, 4) is 0 Å². The molecule has 0 aliphatic carbocycles. The van der Waals surface area contributed by atoms with Crippen LogP contribution in [-0.2, 0) is 4.74 Å². The molecule has 1 aromatic carbocycles. The third kappa shape index (κ3) is 2.39. The SMILES string of the molecule is CC1CNCC(c2cccc(F)c2F)OC1. The lowest BCUT2D eigenvalue weighted by molar-refractivity contribution is 0.0488. The Hall–Kier alpha value is -1.00. The van der Waals surface area contributed by atoms with Gasteiger partial charge in [-0.05, 0) is 12.0 Å². The average Bonchev–Trinajstić information content (AvgIpc) is 2.47. The van der Waals surface area contributed by atoms with Gasteiger partial charge >= 0.3 is 0 Å². The molecule has 1 aliphatic heterocycles. The van der Waals surface area contributed by atoms with E-state index in [9.17, 15) is 8.78 Å². The minimum absolute atomic E-state index is 0.293. The maximum Gasteiger partial charge on any atom is 0.164 e. The molecule has 1 N–H and O–H groups in total. The molecular weight excluding hydrogens is 212 g/mol. The summed E-state index contributed by atoms with van der Waals surface area (Å²) < 4.78 is 32.2. The van der Waals surface area contributed by atoms with Gasteiger partial charge in [-0.25, -0.2) is 8.78 Å². The molecule has 2 rings (SSSR count). The number of halogens is 2. The zero-order valence-corrected chi connectivity index (χ0v) is 9.17. The monoisotopic (exact) mass is 227 g/mol. The van der Waals surface area contributed by atoms with Crippen molar-refractivity contribution in [3.05, 3.63) is 35.4 Å². The first-order valence-electron chi connectivity index (χ1n) is 5.44. The number of nitrogens with one attached hydrogen (secondary N) is 1. The number of rotatable bonds is 1. The first kappa shape index (κ1) is 11.5. The van der Waals surface area contributed by atoms with Crippen molar-refractivity contribution in [2.75, 3.05) is 19.7 Å². The quantitative estimate of drug-likeness (QED) is 0.794. The van der Waals surface area contributed by atoms with Crippen LogP contribution in [0.25, 0.3) is 0 Å². The summed E-state index contributed by atoms with van der Waals surface area (Å²) in [5.74, 6) is -1.23. The van der Waals surface area contributed by atoms with Crippen LogP contribution in [0.5, 0.6) is 0 Å². The number of ether oxygens (including phenoxy) is 1. The van der Waals surface area contributed by atoms with Gasteiger partial charge in [0.15, 0.2) is 11.6 Å². The summed E-state index contributed by atoms with van der Waals surface area (Å²) in [6, 6.07) is 4.19. The molecular formula is C12H15F2NO. The predicted molar refractivity (Wildman–Crippen MR) is 57.1 cm³/mol. The van der Waals surface area contributed by atoms with Crippen molar-refractivity contribution < 1.29 is 13.5 Å². The van der Waals surface area contributed by atoms with Crippen LogP contribution in [-0.4, -0.2) is 19.7 Å². The van der Waals surface area contributed by atoms with E-state index < -0.39 is 17.7 Å². The van der Waals surface area contributed by atoms with Gasteiger partial charge < -0.3 is 10.1 Å². The third-order valence-electron chi connectivity index (χ3n) is 2.73. The van der Waals surface area contributed by atoms with Gasteiger partial charge in [0, 0.05) is 18.7 Å². The van der Waals surface area contributed by atoms with Crippen LogP contribution in [0.1, 0.15) is 18.6 Å². The van der Waals surface area contributed by atoms with Crippen LogP contribution < -0.4 is 5.32 Å². The topological polar surface area (TPSA) is 21.3 Å². The van der Waals surface area contributed by atoms with E-state index in [0.717, 1.165) is 12.6 Å². The largest absolute Gasteiger partial charge is 0.372 e. The van der Waals surface area contributed by atoms with Gasteiger partial charge in [0.1, 0.15) is 0 Å². The normalized spacial score (nSPS) is 26.4. The smallest absolute Gasteiger partial charge is 0.164 e. The van der Waals surface area contributed by atoms with E-state index in [2.05, 4.69) is 12.2 Å². The molecule has 1 heterocycles. The lowest BCUT2D eigenvalue weighted by Gasteiger charge is -2.16. The second-order valence-electron chi connectivity index (χ2n) is 4.23. The highest BCUT2D eigenvalue weighted by molar-refractivity contribution is 5.22. The van der Waals surface area contributed by atoms with Gasteiger partial charge in [0.05, 0.1) is 12.7 Å². The Labute approximate surface area is 93.6 Å². The Bertz CT molecular complexity index is 370. The summed E-state index contributed by atoms with van der Waals surface area (Å²) in [6.45, 7) is 3.98. The van der Waals surface area contributed by atoms with Crippen molar-refractivity contribution in [3.63, 3.8) is 0 Å². The molecule has 0 radical (unpaired) electrons. The summed E-state index contributed by atoms with van der Waals surface area (Å²) in [7, 11) is 0. The second-order valence-corrected chi connectivity index (χ2v) is 4.23. The van der Waals surface area contributed by atoms with Crippen LogP contribution in [0.2, 0.25) is 0 Å². The lowest BCUT2D eigenvalue weighted by Crippen LogP contribution is -2.22. The van der Waals surface area contributed by atoms with Crippen LogP contribution in [0.4, 0.5) is 8.78 Å². The van der Waals surface area contributed by atoms with E-state index >= 15 is 0 Å². The molecule has 1 fully saturated rings. The zero-order valence-electron chi connectivity index (χ0n) is 9.17. The van der Waals surface area contributed by atoms with E-state index in [0.29, 0.717) is 24.6 Å². The fraction of sp³-hybridized carbons (Fsp3) is 0.500. The van der Waals surface area contributed by atoms with E-state index in [-0.39, 0.29) is 0 Å². The molecule has 0 bridgehead atoms. The molecule has 1 saturated heterocycles. The Morgan fingerprint density at radius 1 is 1.31 bits per heavy atom. The first-order valence-corrected chi connectivity index (χ1v) is 5.44. The molecule has 4 heteroatoms. The number of hydrogen-bond acceptors (Lipinski definition) is 2. The van der Waals surface area contributed by atoms with Gasteiger partial charge in [-0.1, -0.05) is 19.1 Å². The van der Waals surface area contributed by atoms with E-state index in [1.54, 1.807) is 6.07 Å². The summed E-state index contributed by atoms with van der Waals surface area (Å²) in [5.41, 5.74) is 0.293. The molecule has 1 aromatic rings. The summed E-state index contributed by atoms with van der Waals surface area (Å²) in [6.07, 6.45) is -0.402. The molecule has 0 saturated carbocycles. The minimum atomic E-state index is -0.821. The van der Waals surface area contributed by atoms with E-state index in [1.807, 2.05) is 0 Å². The van der Waals surface area contributed by atoms with Crippen molar-refractivity contribution in [2.45, 2.75) is 13.0 Å². The minimum Gasteiger partial charge on any atom is -0.372 e. The lowest BCUT2D eigenvalue weighted by atomic mass is 10.1. The number of hydrogen-bond donors (Lipinski definition) is 1. The summed E-state index contributed by atoms with van der Waals surface area (Å²) >= 11 is 0. The predicted octanol–water partition coefficient (Wildman–Crippen LogP) is 2.26. The average molecular weight is 227 g/mol. The molecule has 2 nitrogen and oxygen atoms in total. The first-order chi connectivity index (χ1) is 7.68. The highest BCUT2D eigenvalue weighted by Crippen LogP contribution is 2.23. The second kappa shape index (κ2) is 4.89. The Balaban J connectivity index is 2.20. The van der Waals surface area contributed by atoms with Crippen LogP contribution >= 0.6 is 0 Å². The molecule has 2 atom stereocenters. The molecule has 16 heavy (non-hydrogen) atoms. The zero-order chi connectivity index (χ0) is 11.5. The Morgan fingerprint density at radius 2 is 2.12 bits per heavy atom. The molecule has 2 unspecified atom stereocenters. The number of benzene rings is 1. The fourth-order valence-corrected chi connectivity index (χ4v) is 1.83. The van der Waals surface area contributed by atoms with Gasteiger partial charge in [-0.2, -0.15) is 0 Å². The van der Waals surface area contributed by atoms with Gasteiger partial charge in [0.2, 0.25) is 0 Å². The summed E-state index contributed by atoms with van der Waals surface area (Å²) in [5, 5.41) is 3.18. The molecule has 88 valence electrons. The van der Waals surface area contributed by atoms with E-state index in [1.165, 1.54) is 6.07 Å². The molecule has 0 aromatic heterocycles. The maximum atomic E-state index is 13.5. The van der Waals surface area contributed by atoms with Crippen LogP contribution in [0, 0.1) is 17.6 Å².